The SMILES string of the molecule is CC(CNC(=O)CSc1ccccc1)N1CCOCC1. The topological polar surface area (TPSA) is 41.6 Å². The quantitative estimate of drug-likeness (QED) is 0.810. The van der Waals surface area contributed by atoms with Crippen LogP contribution in [0.5, 0.6) is 0 Å². The largest absolute Gasteiger partial charge is 0.379 e. The third kappa shape index (κ3) is 5.15. The van der Waals surface area contributed by atoms with Crippen LogP contribution in [0.25, 0.3) is 0 Å². The van der Waals surface area contributed by atoms with Crippen LogP contribution in [-0.4, -0.2) is 55.4 Å². The molecule has 1 unspecified atom stereocenters. The molecule has 20 heavy (non-hydrogen) atoms. The molecule has 0 saturated carbocycles. The van der Waals surface area contributed by atoms with E-state index in [2.05, 4.69) is 17.1 Å². The summed E-state index contributed by atoms with van der Waals surface area (Å²) in [7, 11) is 0. The zero-order chi connectivity index (χ0) is 14.2. The van der Waals surface area contributed by atoms with Crippen LogP contribution in [0, 0.1) is 0 Å². The lowest BCUT2D eigenvalue weighted by atomic mass is 10.2. The van der Waals surface area contributed by atoms with Crippen LogP contribution in [0.1, 0.15) is 6.92 Å². The standard InChI is InChI=1S/C15H22N2O2S/c1-13(17-7-9-19-10-8-17)11-16-15(18)12-20-14-5-3-2-4-6-14/h2-6,13H,7-12H2,1H3,(H,16,18). The summed E-state index contributed by atoms with van der Waals surface area (Å²) in [6.45, 7) is 6.35. The van der Waals surface area contributed by atoms with Crippen LogP contribution < -0.4 is 5.32 Å². The number of morpholine rings is 1. The molecule has 1 aromatic rings. The Morgan fingerprint density at radius 2 is 2.05 bits per heavy atom. The number of rotatable bonds is 6. The lowest BCUT2D eigenvalue weighted by molar-refractivity contribution is -0.118. The lowest BCUT2D eigenvalue weighted by Crippen LogP contribution is -2.47. The summed E-state index contributed by atoms with van der Waals surface area (Å²) in [6, 6.07) is 10.4. The van der Waals surface area contributed by atoms with Gasteiger partial charge in [0.2, 0.25) is 5.91 Å². The van der Waals surface area contributed by atoms with Gasteiger partial charge in [0.1, 0.15) is 0 Å². The first-order valence-corrected chi connectivity index (χ1v) is 8.00. The molecule has 1 N–H and O–H groups in total. The molecule has 1 atom stereocenters. The van der Waals surface area contributed by atoms with E-state index in [0.717, 1.165) is 31.2 Å². The van der Waals surface area contributed by atoms with Gasteiger partial charge < -0.3 is 10.1 Å². The lowest BCUT2D eigenvalue weighted by Gasteiger charge is -2.32. The second kappa shape index (κ2) is 8.29. The van der Waals surface area contributed by atoms with Gasteiger partial charge in [-0.3, -0.25) is 9.69 Å². The van der Waals surface area contributed by atoms with Crippen LogP contribution in [-0.2, 0) is 9.53 Å². The minimum atomic E-state index is 0.0963. The van der Waals surface area contributed by atoms with Crippen molar-refractivity contribution in [1.29, 1.82) is 0 Å². The van der Waals surface area contributed by atoms with Crippen molar-refractivity contribution in [3.63, 3.8) is 0 Å². The molecule has 0 radical (unpaired) electrons. The molecular formula is C15H22N2O2S. The number of hydrogen-bond donors (Lipinski definition) is 1. The maximum Gasteiger partial charge on any atom is 0.230 e. The highest BCUT2D eigenvalue weighted by atomic mass is 32.2. The fourth-order valence-electron chi connectivity index (χ4n) is 2.13. The summed E-state index contributed by atoms with van der Waals surface area (Å²) < 4.78 is 5.33. The Hall–Kier alpha value is -1.04. The Labute approximate surface area is 124 Å². The third-order valence-corrected chi connectivity index (χ3v) is 4.39. The van der Waals surface area contributed by atoms with Crippen molar-refractivity contribution in [3.05, 3.63) is 30.3 Å². The monoisotopic (exact) mass is 294 g/mol. The van der Waals surface area contributed by atoms with Crippen LogP contribution in [0.15, 0.2) is 35.2 Å². The Balaban J connectivity index is 1.64. The molecule has 1 amide bonds. The summed E-state index contributed by atoms with van der Waals surface area (Å²) in [4.78, 5) is 15.3. The maximum absolute atomic E-state index is 11.8. The van der Waals surface area contributed by atoms with E-state index in [9.17, 15) is 4.79 Å². The number of hydrogen-bond acceptors (Lipinski definition) is 4. The molecule has 0 bridgehead atoms. The number of nitrogens with zero attached hydrogens (tertiary/aromatic N) is 1. The van der Waals surface area contributed by atoms with Crippen molar-refractivity contribution in [2.75, 3.05) is 38.6 Å². The van der Waals surface area contributed by atoms with E-state index < -0.39 is 0 Å². The summed E-state index contributed by atoms with van der Waals surface area (Å²) >= 11 is 1.57. The van der Waals surface area contributed by atoms with Gasteiger partial charge >= 0.3 is 0 Å². The summed E-state index contributed by atoms with van der Waals surface area (Å²) in [5.41, 5.74) is 0. The van der Waals surface area contributed by atoms with E-state index in [1.165, 1.54) is 0 Å². The van der Waals surface area contributed by atoms with Crippen molar-refractivity contribution in [2.45, 2.75) is 17.9 Å². The second-order valence-corrected chi connectivity index (χ2v) is 5.95. The average Bonchev–Trinajstić information content (AvgIpc) is 2.52. The van der Waals surface area contributed by atoms with Crippen LogP contribution in [0.2, 0.25) is 0 Å². The van der Waals surface area contributed by atoms with E-state index in [-0.39, 0.29) is 5.91 Å². The van der Waals surface area contributed by atoms with Gasteiger partial charge in [-0.05, 0) is 19.1 Å². The summed E-state index contributed by atoms with van der Waals surface area (Å²) in [6.07, 6.45) is 0. The van der Waals surface area contributed by atoms with Crippen LogP contribution in [0.4, 0.5) is 0 Å². The zero-order valence-corrected chi connectivity index (χ0v) is 12.7. The van der Waals surface area contributed by atoms with Gasteiger partial charge in [0, 0.05) is 30.6 Å². The van der Waals surface area contributed by atoms with Gasteiger partial charge in [0.05, 0.1) is 19.0 Å². The minimum Gasteiger partial charge on any atom is -0.379 e. The zero-order valence-electron chi connectivity index (χ0n) is 11.9. The molecule has 5 heteroatoms. The summed E-state index contributed by atoms with van der Waals surface area (Å²) in [5.74, 6) is 0.568. The van der Waals surface area contributed by atoms with Crippen molar-refractivity contribution in [1.82, 2.24) is 10.2 Å². The van der Waals surface area contributed by atoms with Crippen molar-refractivity contribution in [3.8, 4) is 0 Å². The normalized spacial score (nSPS) is 17.6. The number of benzene rings is 1. The first-order valence-electron chi connectivity index (χ1n) is 7.02. The molecule has 1 aliphatic heterocycles. The molecule has 1 aliphatic rings. The molecule has 110 valence electrons. The van der Waals surface area contributed by atoms with E-state index in [4.69, 9.17) is 4.74 Å². The van der Waals surface area contributed by atoms with Crippen molar-refractivity contribution in [2.24, 2.45) is 0 Å². The second-order valence-electron chi connectivity index (χ2n) is 4.90. The third-order valence-electron chi connectivity index (χ3n) is 3.38. The van der Waals surface area contributed by atoms with Gasteiger partial charge in [-0.2, -0.15) is 0 Å². The number of carbonyl (C=O) groups is 1. The van der Waals surface area contributed by atoms with E-state index in [1.54, 1.807) is 11.8 Å². The highest BCUT2D eigenvalue weighted by Gasteiger charge is 2.17. The minimum absolute atomic E-state index is 0.0963. The summed E-state index contributed by atoms with van der Waals surface area (Å²) in [5, 5.41) is 3.01. The molecule has 4 nitrogen and oxygen atoms in total. The maximum atomic E-state index is 11.8. The fraction of sp³-hybridized carbons (Fsp3) is 0.533. The Morgan fingerprint density at radius 3 is 2.75 bits per heavy atom. The molecule has 0 spiro atoms. The van der Waals surface area contributed by atoms with Gasteiger partial charge in [-0.15, -0.1) is 11.8 Å². The van der Waals surface area contributed by atoms with E-state index >= 15 is 0 Å². The average molecular weight is 294 g/mol. The Morgan fingerprint density at radius 1 is 1.35 bits per heavy atom. The highest BCUT2D eigenvalue weighted by molar-refractivity contribution is 8.00. The molecule has 1 saturated heterocycles. The molecule has 0 aromatic heterocycles. The molecule has 2 rings (SSSR count). The Kier molecular flexibility index (Phi) is 6.36. The van der Waals surface area contributed by atoms with Gasteiger partial charge in [-0.1, -0.05) is 18.2 Å². The van der Waals surface area contributed by atoms with Gasteiger partial charge in [0.25, 0.3) is 0 Å². The number of amides is 1. The molecule has 1 fully saturated rings. The van der Waals surface area contributed by atoms with Crippen LogP contribution >= 0.6 is 11.8 Å². The number of ether oxygens (including phenoxy) is 1. The van der Waals surface area contributed by atoms with Crippen molar-refractivity contribution >= 4 is 17.7 Å². The molecule has 0 aliphatic carbocycles. The predicted octanol–water partition coefficient (Wildman–Crippen LogP) is 1.62. The van der Waals surface area contributed by atoms with E-state index in [1.807, 2.05) is 30.3 Å². The van der Waals surface area contributed by atoms with Crippen molar-refractivity contribution < 1.29 is 9.53 Å². The van der Waals surface area contributed by atoms with Crippen LogP contribution in [0.3, 0.4) is 0 Å². The molecular weight excluding hydrogens is 272 g/mol. The number of carbonyl (C=O) groups excluding carboxylic acids is 1. The first-order chi connectivity index (χ1) is 9.75. The Bertz CT molecular complexity index is 408. The molecule has 1 heterocycles. The number of nitrogens with one attached hydrogen (secondary N) is 1. The first kappa shape index (κ1) is 15.4. The van der Waals surface area contributed by atoms with Gasteiger partial charge in [-0.25, -0.2) is 0 Å². The smallest absolute Gasteiger partial charge is 0.230 e. The molecule has 1 aromatic carbocycles. The predicted molar refractivity (Wildman–Crippen MR) is 82.0 cm³/mol. The fourth-order valence-corrected chi connectivity index (χ4v) is 2.87. The number of thioether (sulfide) groups is 1. The van der Waals surface area contributed by atoms with E-state index in [0.29, 0.717) is 18.3 Å². The highest BCUT2D eigenvalue weighted by Crippen LogP contribution is 2.16. The van der Waals surface area contributed by atoms with Gasteiger partial charge in [0.15, 0.2) is 0 Å².